The van der Waals surface area contributed by atoms with Gasteiger partial charge in [0.2, 0.25) is 11.9 Å². The molecule has 0 aliphatic carbocycles. The molecule has 130 valence electrons. The van der Waals surface area contributed by atoms with Gasteiger partial charge in [0, 0.05) is 23.8 Å². The van der Waals surface area contributed by atoms with E-state index in [4.69, 9.17) is 11.6 Å². The summed E-state index contributed by atoms with van der Waals surface area (Å²) in [5.41, 5.74) is 1.000. The van der Waals surface area contributed by atoms with Crippen molar-refractivity contribution in [1.29, 1.82) is 0 Å². The first-order chi connectivity index (χ1) is 11.2. The van der Waals surface area contributed by atoms with Crippen LogP contribution in [0.5, 0.6) is 0 Å². The van der Waals surface area contributed by atoms with E-state index < -0.39 is 0 Å². The number of halogens is 2. The van der Waals surface area contributed by atoms with Crippen LogP contribution in [0.1, 0.15) is 24.8 Å². The molecule has 2 N–H and O–H groups in total. The summed E-state index contributed by atoms with van der Waals surface area (Å²) in [6, 6.07) is 7.69. The minimum Gasteiger partial charge on any atom is -0.316 e. The molecule has 7 heteroatoms. The Hall–Kier alpha value is -1.56. The zero-order chi connectivity index (χ0) is 16.1. The van der Waals surface area contributed by atoms with Crippen LogP contribution in [0.4, 0.5) is 5.95 Å². The van der Waals surface area contributed by atoms with Crippen molar-refractivity contribution in [1.82, 2.24) is 14.9 Å². The number of hydrogen-bond donors (Lipinski definition) is 2. The molecule has 1 aromatic carbocycles. The number of hydrogen-bond acceptors (Lipinski definition) is 3. The molecule has 0 spiro atoms. The summed E-state index contributed by atoms with van der Waals surface area (Å²) in [7, 11) is 0. The van der Waals surface area contributed by atoms with Crippen molar-refractivity contribution in [2.45, 2.75) is 25.8 Å². The van der Waals surface area contributed by atoms with E-state index in [-0.39, 0.29) is 18.3 Å². The van der Waals surface area contributed by atoms with Crippen molar-refractivity contribution >= 4 is 35.9 Å². The highest BCUT2D eigenvalue weighted by molar-refractivity contribution is 6.31. The van der Waals surface area contributed by atoms with Crippen LogP contribution in [-0.2, 0) is 11.3 Å². The van der Waals surface area contributed by atoms with E-state index in [1.165, 1.54) is 0 Å². The molecule has 2 aromatic rings. The summed E-state index contributed by atoms with van der Waals surface area (Å²) in [4.78, 5) is 16.4. The van der Waals surface area contributed by atoms with Crippen molar-refractivity contribution in [3.05, 3.63) is 47.2 Å². The zero-order valence-electron chi connectivity index (χ0n) is 13.4. The third kappa shape index (κ3) is 4.97. The highest BCUT2D eigenvalue weighted by Crippen LogP contribution is 2.19. The van der Waals surface area contributed by atoms with Crippen LogP contribution in [0, 0.1) is 5.92 Å². The Labute approximate surface area is 153 Å². The van der Waals surface area contributed by atoms with Crippen molar-refractivity contribution in [2.24, 2.45) is 5.92 Å². The lowest BCUT2D eigenvalue weighted by atomic mass is 10.0. The number of benzene rings is 1. The zero-order valence-corrected chi connectivity index (χ0v) is 14.9. The smallest absolute Gasteiger partial charge is 0.226 e. The Morgan fingerprint density at radius 2 is 2.25 bits per heavy atom. The van der Waals surface area contributed by atoms with Crippen LogP contribution in [0.25, 0.3) is 0 Å². The number of imidazole rings is 1. The average molecular weight is 369 g/mol. The highest BCUT2D eigenvalue weighted by atomic mass is 35.5. The summed E-state index contributed by atoms with van der Waals surface area (Å²) >= 11 is 6.19. The molecule has 1 aromatic heterocycles. The monoisotopic (exact) mass is 368 g/mol. The first-order valence-electron chi connectivity index (χ1n) is 7.97. The summed E-state index contributed by atoms with van der Waals surface area (Å²) in [5.74, 6) is 1.20. The Morgan fingerprint density at radius 1 is 1.42 bits per heavy atom. The van der Waals surface area contributed by atoms with Gasteiger partial charge in [0.25, 0.3) is 0 Å². The molecule has 0 saturated carbocycles. The topological polar surface area (TPSA) is 59.0 Å². The fraction of sp³-hybridized carbons (Fsp3) is 0.412. The van der Waals surface area contributed by atoms with Gasteiger partial charge in [-0.3, -0.25) is 10.1 Å². The van der Waals surface area contributed by atoms with Crippen molar-refractivity contribution in [2.75, 3.05) is 18.4 Å². The fourth-order valence-corrected chi connectivity index (χ4v) is 3.05. The molecule has 1 fully saturated rings. The maximum Gasteiger partial charge on any atom is 0.226 e. The predicted octanol–water partition coefficient (Wildman–Crippen LogP) is 3.33. The van der Waals surface area contributed by atoms with E-state index in [1.54, 1.807) is 6.20 Å². The molecular weight excluding hydrogens is 347 g/mol. The summed E-state index contributed by atoms with van der Waals surface area (Å²) in [6.07, 6.45) is 6.15. The van der Waals surface area contributed by atoms with Gasteiger partial charge in [-0.15, -0.1) is 12.4 Å². The molecule has 3 rings (SSSR count). The van der Waals surface area contributed by atoms with E-state index >= 15 is 0 Å². The van der Waals surface area contributed by atoms with Crippen LogP contribution < -0.4 is 10.6 Å². The lowest BCUT2D eigenvalue weighted by Gasteiger charge is -2.11. The van der Waals surface area contributed by atoms with Gasteiger partial charge in [-0.2, -0.15) is 0 Å². The molecule has 5 nitrogen and oxygen atoms in total. The van der Waals surface area contributed by atoms with Gasteiger partial charge in [-0.05, 0) is 43.5 Å². The van der Waals surface area contributed by atoms with Gasteiger partial charge in [0.15, 0.2) is 0 Å². The number of amides is 1. The van der Waals surface area contributed by atoms with Gasteiger partial charge in [-0.25, -0.2) is 4.98 Å². The Kier molecular flexibility index (Phi) is 7.09. The second kappa shape index (κ2) is 9.06. The normalized spacial score (nSPS) is 16.6. The number of nitrogens with zero attached hydrogens (tertiary/aromatic N) is 2. The standard InChI is InChI=1S/C17H21ClN4O.ClH/c18-15-4-2-1-3-14(15)12-22-10-9-20-17(22)21-16(23)6-5-13-7-8-19-11-13;/h1-4,9-10,13,19H,5-8,11-12H2,(H,20,21,23);1H. The second-order valence-electron chi connectivity index (χ2n) is 5.92. The Balaban J connectivity index is 0.00000208. The van der Waals surface area contributed by atoms with E-state index in [0.29, 0.717) is 29.9 Å². The molecule has 0 radical (unpaired) electrons. The van der Waals surface area contributed by atoms with Crippen LogP contribution >= 0.6 is 24.0 Å². The summed E-state index contributed by atoms with van der Waals surface area (Å²) < 4.78 is 1.90. The number of rotatable bonds is 6. The lowest BCUT2D eigenvalue weighted by Crippen LogP contribution is -2.17. The highest BCUT2D eigenvalue weighted by Gasteiger charge is 2.16. The third-order valence-electron chi connectivity index (χ3n) is 4.21. The van der Waals surface area contributed by atoms with Crippen LogP contribution in [0.2, 0.25) is 5.02 Å². The van der Waals surface area contributed by atoms with Gasteiger partial charge < -0.3 is 9.88 Å². The molecule has 1 atom stereocenters. The number of nitrogens with one attached hydrogen (secondary N) is 2. The minimum atomic E-state index is 0. The number of carbonyl (C=O) groups excluding carboxylic acids is 1. The van der Waals surface area contributed by atoms with Gasteiger partial charge in [0.1, 0.15) is 0 Å². The van der Waals surface area contributed by atoms with Crippen molar-refractivity contribution < 1.29 is 4.79 Å². The Morgan fingerprint density at radius 3 is 3.00 bits per heavy atom. The first-order valence-corrected chi connectivity index (χ1v) is 8.35. The number of aromatic nitrogens is 2. The third-order valence-corrected chi connectivity index (χ3v) is 4.58. The molecule has 1 unspecified atom stereocenters. The lowest BCUT2D eigenvalue weighted by molar-refractivity contribution is -0.116. The van der Waals surface area contributed by atoms with Crippen LogP contribution in [-0.4, -0.2) is 28.5 Å². The van der Waals surface area contributed by atoms with Gasteiger partial charge >= 0.3 is 0 Å². The van der Waals surface area contributed by atoms with E-state index in [2.05, 4.69) is 15.6 Å². The molecule has 1 aliphatic rings. The Bertz CT molecular complexity index is 668. The minimum absolute atomic E-state index is 0. The predicted molar refractivity (Wildman–Crippen MR) is 98.9 cm³/mol. The number of anilines is 1. The van der Waals surface area contributed by atoms with Crippen molar-refractivity contribution in [3.8, 4) is 0 Å². The van der Waals surface area contributed by atoms with Crippen LogP contribution in [0.15, 0.2) is 36.7 Å². The molecule has 1 aliphatic heterocycles. The molecule has 0 bridgehead atoms. The van der Waals surface area contributed by atoms with Gasteiger partial charge in [0.05, 0.1) is 6.54 Å². The quantitative estimate of drug-likeness (QED) is 0.821. The summed E-state index contributed by atoms with van der Waals surface area (Å²) in [6.45, 7) is 2.67. The molecule has 2 heterocycles. The fourth-order valence-electron chi connectivity index (χ4n) is 2.85. The number of carbonyl (C=O) groups is 1. The van der Waals surface area contributed by atoms with Gasteiger partial charge in [-0.1, -0.05) is 29.8 Å². The summed E-state index contributed by atoms with van der Waals surface area (Å²) in [5, 5.41) is 6.94. The SMILES string of the molecule is Cl.O=C(CCC1CCNC1)Nc1nccn1Cc1ccccc1Cl. The average Bonchev–Trinajstić information content (AvgIpc) is 3.20. The van der Waals surface area contributed by atoms with E-state index in [9.17, 15) is 4.79 Å². The second-order valence-corrected chi connectivity index (χ2v) is 6.32. The largest absolute Gasteiger partial charge is 0.316 e. The van der Waals surface area contributed by atoms with Crippen molar-refractivity contribution in [3.63, 3.8) is 0 Å². The maximum absolute atomic E-state index is 12.1. The first kappa shape index (κ1) is 18.8. The molecular formula is C17H22Cl2N4O. The molecule has 1 amide bonds. The maximum atomic E-state index is 12.1. The van der Waals surface area contributed by atoms with E-state index in [1.807, 2.05) is 35.0 Å². The van der Waals surface area contributed by atoms with E-state index in [0.717, 1.165) is 31.5 Å². The molecule has 24 heavy (non-hydrogen) atoms. The molecule has 1 saturated heterocycles. The van der Waals surface area contributed by atoms with Crippen LogP contribution in [0.3, 0.4) is 0 Å².